The predicted molar refractivity (Wildman–Crippen MR) is 82.4 cm³/mol. The van der Waals surface area contributed by atoms with Crippen molar-refractivity contribution in [2.75, 3.05) is 18.0 Å². The number of rotatable bonds is 3. The minimum Gasteiger partial charge on any atom is -0.448 e. The Labute approximate surface area is 124 Å². The van der Waals surface area contributed by atoms with Crippen LogP contribution in [-0.2, 0) is 0 Å². The van der Waals surface area contributed by atoms with Crippen LogP contribution in [0.25, 0.3) is 0 Å². The van der Waals surface area contributed by atoms with Gasteiger partial charge in [-0.05, 0) is 60.7 Å². The Balaban J connectivity index is 1.99. The fourth-order valence-corrected chi connectivity index (χ4v) is 2.95. The van der Waals surface area contributed by atoms with Crippen molar-refractivity contribution < 1.29 is 4.42 Å². The van der Waals surface area contributed by atoms with E-state index in [0.717, 1.165) is 18.7 Å². The fraction of sp³-hybridized carbons (Fsp3) is 0.375. The van der Waals surface area contributed by atoms with Gasteiger partial charge in [-0.1, -0.05) is 12.1 Å². The molecule has 1 fully saturated rings. The summed E-state index contributed by atoms with van der Waals surface area (Å²) in [5.74, 6) is 0.708. The molecule has 3 rings (SSSR count). The summed E-state index contributed by atoms with van der Waals surface area (Å²) >= 11 is 5.85. The normalized spacial score (nSPS) is 16.6. The van der Waals surface area contributed by atoms with Crippen molar-refractivity contribution in [2.24, 2.45) is 5.73 Å². The predicted octanol–water partition coefficient (Wildman–Crippen LogP) is 3.89. The molecule has 2 heterocycles. The maximum absolute atomic E-state index is 6.37. The SMILES string of the molecule is Cc1ccc(C(N)c2ccc(Cl)o2)c(N2CCCC2)c1. The smallest absolute Gasteiger partial charge is 0.193 e. The van der Waals surface area contributed by atoms with Crippen LogP contribution < -0.4 is 10.6 Å². The molecule has 4 heteroatoms. The lowest BCUT2D eigenvalue weighted by molar-refractivity contribution is 0.491. The topological polar surface area (TPSA) is 42.4 Å². The third kappa shape index (κ3) is 2.56. The van der Waals surface area contributed by atoms with Crippen LogP contribution in [0, 0.1) is 6.92 Å². The van der Waals surface area contributed by atoms with Gasteiger partial charge in [-0.3, -0.25) is 0 Å². The Morgan fingerprint density at radius 1 is 1.20 bits per heavy atom. The van der Waals surface area contributed by atoms with Gasteiger partial charge in [0.2, 0.25) is 0 Å². The number of nitrogens with two attached hydrogens (primary N) is 1. The van der Waals surface area contributed by atoms with Crippen molar-refractivity contribution in [1.29, 1.82) is 0 Å². The van der Waals surface area contributed by atoms with Crippen LogP contribution in [0.4, 0.5) is 5.69 Å². The second-order valence-corrected chi connectivity index (χ2v) is 5.75. The van der Waals surface area contributed by atoms with Gasteiger partial charge in [-0.15, -0.1) is 0 Å². The Hall–Kier alpha value is -1.45. The molecule has 0 spiro atoms. The minimum absolute atomic E-state index is 0.279. The van der Waals surface area contributed by atoms with Crippen LogP contribution in [0.3, 0.4) is 0 Å². The summed E-state index contributed by atoms with van der Waals surface area (Å²) in [6, 6.07) is 9.72. The summed E-state index contributed by atoms with van der Waals surface area (Å²) in [4.78, 5) is 2.41. The highest BCUT2D eigenvalue weighted by molar-refractivity contribution is 6.28. The highest BCUT2D eigenvalue weighted by Gasteiger charge is 2.21. The van der Waals surface area contributed by atoms with Gasteiger partial charge in [0.1, 0.15) is 5.76 Å². The number of halogens is 1. The maximum atomic E-state index is 6.37. The first kappa shape index (κ1) is 13.5. The van der Waals surface area contributed by atoms with Crippen molar-refractivity contribution in [3.63, 3.8) is 0 Å². The van der Waals surface area contributed by atoms with Crippen LogP contribution in [0.2, 0.25) is 5.22 Å². The van der Waals surface area contributed by atoms with Crippen molar-refractivity contribution in [1.82, 2.24) is 0 Å². The lowest BCUT2D eigenvalue weighted by Gasteiger charge is -2.24. The average Bonchev–Trinajstić information content (AvgIpc) is 3.09. The molecular formula is C16H19ClN2O. The number of aryl methyl sites for hydroxylation is 1. The first-order valence-corrected chi connectivity index (χ1v) is 7.39. The first-order chi connectivity index (χ1) is 9.65. The Morgan fingerprint density at radius 3 is 2.60 bits per heavy atom. The first-order valence-electron chi connectivity index (χ1n) is 7.01. The van der Waals surface area contributed by atoms with E-state index < -0.39 is 0 Å². The third-order valence-electron chi connectivity index (χ3n) is 3.87. The highest BCUT2D eigenvalue weighted by atomic mass is 35.5. The molecular weight excluding hydrogens is 272 g/mol. The second kappa shape index (κ2) is 5.51. The van der Waals surface area contributed by atoms with Gasteiger partial charge in [-0.25, -0.2) is 0 Å². The maximum Gasteiger partial charge on any atom is 0.193 e. The molecule has 0 radical (unpaired) electrons. The molecule has 20 heavy (non-hydrogen) atoms. The van der Waals surface area contributed by atoms with E-state index in [1.54, 1.807) is 6.07 Å². The van der Waals surface area contributed by atoms with E-state index >= 15 is 0 Å². The van der Waals surface area contributed by atoms with E-state index in [4.69, 9.17) is 21.8 Å². The van der Waals surface area contributed by atoms with E-state index in [9.17, 15) is 0 Å². The number of nitrogens with zero attached hydrogens (tertiary/aromatic N) is 1. The minimum atomic E-state index is -0.279. The van der Waals surface area contributed by atoms with Crippen LogP contribution in [0.1, 0.15) is 35.8 Å². The molecule has 1 aliphatic rings. The van der Waals surface area contributed by atoms with Gasteiger partial charge in [0, 0.05) is 18.8 Å². The Morgan fingerprint density at radius 2 is 1.95 bits per heavy atom. The molecule has 1 aromatic carbocycles. The summed E-state index contributed by atoms with van der Waals surface area (Å²) in [6.45, 7) is 4.31. The van der Waals surface area contributed by atoms with Crippen LogP contribution in [0.5, 0.6) is 0 Å². The summed E-state index contributed by atoms with van der Waals surface area (Å²) in [6.07, 6.45) is 2.49. The second-order valence-electron chi connectivity index (χ2n) is 5.38. The van der Waals surface area contributed by atoms with Gasteiger partial charge >= 0.3 is 0 Å². The monoisotopic (exact) mass is 290 g/mol. The van der Waals surface area contributed by atoms with Gasteiger partial charge < -0.3 is 15.1 Å². The quantitative estimate of drug-likeness (QED) is 0.932. The zero-order valence-corrected chi connectivity index (χ0v) is 12.4. The average molecular weight is 291 g/mol. The van der Waals surface area contributed by atoms with Gasteiger partial charge in [0.05, 0.1) is 6.04 Å². The van der Waals surface area contributed by atoms with E-state index in [1.807, 2.05) is 6.07 Å². The van der Waals surface area contributed by atoms with E-state index in [1.165, 1.54) is 24.1 Å². The fourth-order valence-electron chi connectivity index (χ4n) is 2.80. The molecule has 0 saturated carbocycles. The van der Waals surface area contributed by atoms with E-state index in [0.29, 0.717) is 11.0 Å². The van der Waals surface area contributed by atoms with Crippen LogP contribution >= 0.6 is 11.6 Å². The van der Waals surface area contributed by atoms with Crippen LogP contribution in [0.15, 0.2) is 34.7 Å². The molecule has 1 aliphatic heterocycles. The van der Waals surface area contributed by atoms with Crippen molar-refractivity contribution in [3.8, 4) is 0 Å². The Bertz CT molecular complexity index is 602. The Kier molecular flexibility index (Phi) is 3.72. The summed E-state index contributed by atoms with van der Waals surface area (Å²) in [5, 5.41) is 0.380. The molecule has 1 unspecified atom stereocenters. The molecule has 0 amide bonds. The van der Waals surface area contributed by atoms with Gasteiger partial charge in [-0.2, -0.15) is 0 Å². The lowest BCUT2D eigenvalue weighted by atomic mass is 10.0. The standard InChI is InChI=1S/C16H19ClN2O/c1-11-4-5-12(13(10-11)19-8-2-3-9-19)16(18)14-6-7-15(17)20-14/h4-7,10,16H,2-3,8-9,18H2,1H3. The van der Waals surface area contributed by atoms with E-state index in [-0.39, 0.29) is 6.04 Å². The molecule has 106 valence electrons. The summed E-state index contributed by atoms with van der Waals surface area (Å²) < 4.78 is 5.47. The molecule has 1 atom stereocenters. The number of anilines is 1. The molecule has 2 N–H and O–H groups in total. The molecule has 1 aromatic heterocycles. The van der Waals surface area contributed by atoms with Crippen molar-refractivity contribution in [3.05, 3.63) is 52.4 Å². The van der Waals surface area contributed by atoms with Gasteiger partial charge in [0.15, 0.2) is 5.22 Å². The lowest BCUT2D eigenvalue weighted by Crippen LogP contribution is -2.22. The number of hydrogen-bond acceptors (Lipinski definition) is 3. The van der Waals surface area contributed by atoms with Crippen molar-refractivity contribution >= 4 is 17.3 Å². The zero-order chi connectivity index (χ0) is 14.1. The van der Waals surface area contributed by atoms with Crippen LogP contribution in [-0.4, -0.2) is 13.1 Å². The summed E-state index contributed by atoms with van der Waals surface area (Å²) in [7, 11) is 0. The molecule has 2 aromatic rings. The zero-order valence-electron chi connectivity index (χ0n) is 11.6. The van der Waals surface area contributed by atoms with Gasteiger partial charge in [0.25, 0.3) is 0 Å². The number of furan rings is 1. The largest absolute Gasteiger partial charge is 0.448 e. The molecule has 0 bridgehead atoms. The molecule has 3 nitrogen and oxygen atoms in total. The number of hydrogen-bond donors (Lipinski definition) is 1. The van der Waals surface area contributed by atoms with E-state index in [2.05, 4.69) is 30.0 Å². The molecule has 1 saturated heterocycles. The highest BCUT2D eigenvalue weighted by Crippen LogP contribution is 2.33. The number of benzene rings is 1. The van der Waals surface area contributed by atoms with Crippen molar-refractivity contribution in [2.45, 2.75) is 25.8 Å². The third-order valence-corrected chi connectivity index (χ3v) is 4.07. The summed E-state index contributed by atoms with van der Waals surface area (Å²) in [5.41, 5.74) is 9.94. The molecule has 0 aliphatic carbocycles.